The summed E-state index contributed by atoms with van der Waals surface area (Å²) in [6, 6.07) is 0. The molecule has 2 aromatic heterocycles. The summed E-state index contributed by atoms with van der Waals surface area (Å²) >= 11 is 0. The monoisotopic (exact) mass is 218 g/mol. The van der Waals surface area contributed by atoms with Gasteiger partial charge in [0, 0.05) is 0 Å². The predicted octanol–water partition coefficient (Wildman–Crippen LogP) is 0.536. The van der Waals surface area contributed by atoms with Crippen LogP contribution in [0, 0.1) is 0 Å². The van der Waals surface area contributed by atoms with Crippen molar-refractivity contribution in [3.05, 3.63) is 5.69 Å². The van der Waals surface area contributed by atoms with Crippen LogP contribution >= 0.6 is 0 Å². The van der Waals surface area contributed by atoms with E-state index < -0.39 is 11.9 Å². The van der Waals surface area contributed by atoms with Crippen LogP contribution in [-0.2, 0) is 6.18 Å². The molecule has 0 aliphatic carbocycles. The lowest BCUT2D eigenvalue weighted by molar-refractivity contribution is -0.139. The zero-order valence-electron chi connectivity index (χ0n) is 7.13. The van der Waals surface area contributed by atoms with E-state index in [9.17, 15) is 13.2 Å². The molecule has 15 heavy (non-hydrogen) atoms. The fraction of sp³-hybridized carbons (Fsp3) is 0.167. The summed E-state index contributed by atoms with van der Waals surface area (Å²) in [4.78, 5) is 6.95. The van der Waals surface area contributed by atoms with Crippen molar-refractivity contribution < 1.29 is 13.2 Å². The van der Waals surface area contributed by atoms with E-state index in [1.165, 1.54) is 0 Å². The number of H-pyrrole nitrogens is 1. The smallest absolute Gasteiger partial charge is 0.383 e. The van der Waals surface area contributed by atoms with Gasteiger partial charge in [-0.2, -0.15) is 28.2 Å². The van der Waals surface area contributed by atoms with Crippen molar-refractivity contribution in [2.24, 2.45) is 0 Å². The number of nitrogens with one attached hydrogen (secondary N) is 1. The highest BCUT2D eigenvalue weighted by atomic mass is 19.4. The number of halogens is 3. The van der Waals surface area contributed by atoms with Crippen LogP contribution in [0.5, 0.6) is 0 Å². The number of hydrogen-bond acceptors (Lipinski definition) is 5. The first-order chi connectivity index (χ1) is 6.89. The van der Waals surface area contributed by atoms with E-state index in [4.69, 9.17) is 11.5 Å². The Bertz CT molecular complexity index is 515. The number of nitrogens with two attached hydrogens (primary N) is 2. The number of alkyl halides is 3. The van der Waals surface area contributed by atoms with E-state index >= 15 is 0 Å². The molecule has 0 fully saturated rings. The largest absolute Gasteiger partial charge is 0.433 e. The van der Waals surface area contributed by atoms with Gasteiger partial charge in [0.15, 0.2) is 11.3 Å². The van der Waals surface area contributed by atoms with Gasteiger partial charge in [0.2, 0.25) is 5.95 Å². The van der Waals surface area contributed by atoms with Gasteiger partial charge in [-0.3, -0.25) is 5.10 Å². The summed E-state index contributed by atoms with van der Waals surface area (Å²) in [7, 11) is 0. The van der Waals surface area contributed by atoms with Crippen molar-refractivity contribution in [1.29, 1.82) is 0 Å². The van der Waals surface area contributed by atoms with Gasteiger partial charge in [0.25, 0.3) is 0 Å². The Balaban J connectivity index is 2.81. The molecular formula is C6H5F3N6. The number of fused-ring (bicyclic) bond motifs is 1. The normalized spacial score (nSPS) is 12.2. The van der Waals surface area contributed by atoms with Crippen molar-refractivity contribution in [2.75, 3.05) is 11.5 Å². The number of rotatable bonds is 0. The van der Waals surface area contributed by atoms with Crippen molar-refractivity contribution >= 4 is 22.8 Å². The predicted molar refractivity (Wildman–Crippen MR) is 45.5 cm³/mol. The standard InChI is InChI=1S/C6H5F3N6/c7-6(8,9)2-1-3(10)12-5(11)13-4(1)15-14-2/h(H5,10,11,12,13,14,15). The van der Waals surface area contributed by atoms with Gasteiger partial charge in [-0.05, 0) is 0 Å². The number of anilines is 2. The summed E-state index contributed by atoms with van der Waals surface area (Å²) in [5, 5.41) is 4.80. The highest BCUT2D eigenvalue weighted by molar-refractivity contribution is 5.89. The lowest BCUT2D eigenvalue weighted by Crippen LogP contribution is -2.08. The molecule has 0 unspecified atom stereocenters. The first kappa shape index (κ1) is 9.49. The second-order valence-electron chi connectivity index (χ2n) is 2.76. The molecule has 2 rings (SSSR count). The highest BCUT2D eigenvalue weighted by Gasteiger charge is 2.36. The second kappa shape index (κ2) is 2.72. The molecule has 5 N–H and O–H groups in total. The second-order valence-corrected chi connectivity index (χ2v) is 2.76. The van der Waals surface area contributed by atoms with Gasteiger partial charge in [0.05, 0.1) is 5.39 Å². The zero-order chi connectivity index (χ0) is 11.2. The minimum absolute atomic E-state index is 0.202. The number of nitrogen functional groups attached to an aromatic ring is 2. The van der Waals surface area contributed by atoms with Crippen LogP contribution in [0.2, 0.25) is 0 Å². The molecule has 0 aliphatic rings. The molecule has 0 atom stereocenters. The van der Waals surface area contributed by atoms with Gasteiger partial charge in [0.1, 0.15) is 5.82 Å². The number of hydrogen-bond donors (Lipinski definition) is 3. The van der Waals surface area contributed by atoms with E-state index in [1.807, 2.05) is 5.10 Å². The summed E-state index contributed by atoms with van der Waals surface area (Å²) in [5.41, 5.74) is 9.24. The van der Waals surface area contributed by atoms with Crippen LogP contribution in [-0.4, -0.2) is 20.2 Å². The molecule has 9 heteroatoms. The average Bonchev–Trinajstić information content (AvgIpc) is 2.45. The Hall–Kier alpha value is -2.06. The van der Waals surface area contributed by atoms with E-state index in [-0.39, 0.29) is 22.8 Å². The van der Waals surface area contributed by atoms with Crippen molar-refractivity contribution in [3.63, 3.8) is 0 Å². The maximum Gasteiger partial charge on any atom is 0.433 e. The van der Waals surface area contributed by atoms with Crippen molar-refractivity contribution in [2.45, 2.75) is 6.18 Å². The molecule has 0 bridgehead atoms. The van der Waals surface area contributed by atoms with Gasteiger partial charge in [-0.25, -0.2) is 0 Å². The van der Waals surface area contributed by atoms with Gasteiger partial charge in [-0.1, -0.05) is 0 Å². The quantitative estimate of drug-likeness (QED) is 0.598. The molecule has 0 amide bonds. The first-order valence-corrected chi connectivity index (χ1v) is 3.74. The Labute approximate surface area is 80.5 Å². The first-order valence-electron chi connectivity index (χ1n) is 3.74. The van der Waals surface area contributed by atoms with Gasteiger partial charge < -0.3 is 11.5 Å². The minimum atomic E-state index is -4.58. The molecule has 80 valence electrons. The average molecular weight is 218 g/mol. The number of aromatic amines is 1. The third kappa shape index (κ3) is 1.41. The summed E-state index contributed by atoms with van der Waals surface area (Å²) in [5.74, 6) is -0.571. The Morgan fingerprint density at radius 3 is 2.40 bits per heavy atom. The SMILES string of the molecule is Nc1nc(N)c2c(C(F)(F)F)[nH]nc2n1. The topological polar surface area (TPSA) is 106 Å². The Morgan fingerprint density at radius 1 is 1.13 bits per heavy atom. The Kier molecular flexibility index (Phi) is 1.72. The van der Waals surface area contributed by atoms with Crippen LogP contribution in [0.15, 0.2) is 0 Å². The molecule has 0 aromatic carbocycles. The zero-order valence-corrected chi connectivity index (χ0v) is 7.13. The van der Waals surface area contributed by atoms with Crippen LogP contribution in [0.3, 0.4) is 0 Å². The van der Waals surface area contributed by atoms with E-state index in [0.717, 1.165) is 0 Å². The summed E-state index contributed by atoms with van der Waals surface area (Å²) in [6.07, 6.45) is -4.58. The maximum atomic E-state index is 12.4. The molecular weight excluding hydrogens is 213 g/mol. The fourth-order valence-corrected chi connectivity index (χ4v) is 1.17. The van der Waals surface area contributed by atoms with Crippen LogP contribution in [0.25, 0.3) is 11.0 Å². The number of nitrogens with zero attached hydrogens (tertiary/aromatic N) is 3. The minimum Gasteiger partial charge on any atom is -0.383 e. The molecule has 0 aliphatic heterocycles. The van der Waals surface area contributed by atoms with E-state index in [1.54, 1.807) is 0 Å². The van der Waals surface area contributed by atoms with Gasteiger partial charge in [-0.15, -0.1) is 0 Å². The molecule has 0 saturated heterocycles. The molecule has 0 saturated carbocycles. The van der Waals surface area contributed by atoms with Crippen LogP contribution < -0.4 is 11.5 Å². The lowest BCUT2D eigenvalue weighted by atomic mass is 10.3. The maximum absolute atomic E-state index is 12.4. The molecule has 0 radical (unpaired) electrons. The van der Waals surface area contributed by atoms with E-state index in [0.29, 0.717) is 0 Å². The molecule has 0 spiro atoms. The third-order valence-electron chi connectivity index (χ3n) is 1.74. The van der Waals surface area contributed by atoms with Gasteiger partial charge >= 0.3 is 6.18 Å². The van der Waals surface area contributed by atoms with Crippen molar-refractivity contribution in [3.8, 4) is 0 Å². The molecule has 2 aromatic rings. The fourth-order valence-electron chi connectivity index (χ4n) is 1.17. The van der Waals surface area contributed by atoms with Crippen molar-refractivity contribution in [1.82, 2.24) is 20.2 Å². The summed E-state index contributed by atoms with van der Waals surface area (Å²) in [6.45, 7) is 0. The molecule has 2 heterocycles. The third-order valence-corrected chi connectivity index (χ3v) is 1.74. The van der Waals surface area contributed by atoms with Crippen LogP contribution in [0.4, 0.5) is 24.9 Å². The number of aromatic nitrogens is 4. The van der Waals surface area contributed by atoms with Crippen LogP contribution in [0.1, 0.15) is 5.69 Å². The summed E-state index contributed by atoms with van der Waals surface area (Å²) < 4.78 is 37.3. The highest BCUT2D eigenvalue weighted by Crippen LogP contribution is 2.34. The van der Waals surface area contributed by atoms with E-state index in [2.05, 4.69) is 15.1 Å². The Morgan fingerprint density at radius 2 is 1.80 bits per heavy atom. The lowest BCUT2D eigenvalue weighted by Gasteiger charge is -2.04. The molecule has 6 nitrogen and oxygen atoms in total.